The number of nitrogens with one attached hydrogen (secondary N) is 1. The summed E-state index contributed by atoms with van der Waals surface area (Å²) in [4.78, 5) is 12.5. The molecule has 0 saturated carbocycles. The quantitative estimate of drug-likeness (QED) is 0.839. The van der Waals surface area contributed by atoms with Gasteiger partial charge in [-0.05, 0) is 36.2 Å². The molecule has 5 nitrogen and oxygen atoms in total. The van der Waals surface area contributed by atoms with E-state index in [1.165, 1.54) is 0 Å². The summed E-state index contributed by atoms with van der Waals surface area (Å²) in [5.41, 5.74) is 8.04. The average molecular weight is 351 g/mol. The second-order valence-corrected chi connectivity index (χ2v) is 5.17. The highest BCUT2D eigenvalue weighted by molar-refractivity contribution is 5.95. The summed E-state index contributed by atoms with van der Waals surface area (Å²) in [5.74, 6) is 1.14. The normalized spacial score (nSPS) is 11.2. The van der Waals surface area contributed by atoms with E-state index in [4.69, 9.17) is 15.2 Å². The van der Waals surface area contributed by atoms with Crippen LogP contribution in [0, 0.1) is 0 Å². The molecule has 0 aromatic heterocycles. The molecule has 0 saturated heterocycles. The van der Waals surface area contributed by atoms with Gasteiger partial charge in [0.15, 0.2) is 11.5 Å². The van der Waals surface area contributed by atoms with Crippen LogP contribution in [0.1, 0.15) is 34.5 Å². The van der Waals surface area contributed by atoms with Crippen LogP contribution in [-0.4, -0.2) is 20.1 Å². The van der Waals surface area contributed by atoms with Crippen LogP contribution >= 0.6 is 12.4 Å². The third-order valence-electron chi connectivity index (χ3n) is 3.74. The molecular weight excluding hydrogens is 328 g/mol. The van der Waals surface area contributed by atoms with Crippen LogP contribution in [0.3, 0.4) is 0 Å². The largest absolute Gasteiger partial charge is 0.493 e. The molecule has 2 aromatic rings. The summed E-state index contributed by atoms with van der Waals surface area (Å²) in [5, 5.41) is 2.99. The Labute approximate surface area is 148 Å². The van der Waals surface area contributed by atoms with E-state index in [0.29, 0.717) is 23.6 Å². The third kappa shape index (κ3) is 4.40. The highest BCUT2D eigenvalue weighted by atomic mass is 35.5. The smallest absolute Gasteiger partial charge is 0.252 e. The lowest BCUT2D eigenvalue weighted by molar-refractivity contribution is 0.0939. The topological polar surface area (TPSA) is 73.6 Å². The average Bonchev–Trinajstić information content (AvgIpc) is 2.60. The van der Waals surface area contributed by atoms with Crippen molar-refractivity contribution in [3.05, 3.63) is 59.2 Å². The monoisotopic (exact) mass is 350 g/mol. The number of halogens is 1. The van der Waals surface area contributed by atoms with E-state index in [1.807, 2.05) is 43.3 Å². The van der Waals surface area contributed by atoms with Crippen molar-refractivity contribution in [1.29, 1.82) is 0 Å². The molecule has 0 unspecified atom stereocenters. The minimum atomic E-state index is -0.173. The van der Waals surface area contributed by atoms with Gasteiger partial charge in [0.2, 0.25) is 0 Å². The van der Waals surface area contributed by atoms with Gasteiger partial charge in [-0.2, -0.15) is 0 Å². The Balaban J connectivity index is 0.00000288. The molecule has 0 radical (unpaired) electrons. The van der Waals surface area contributed by atoms with Gasteiger partial charge in [-0.3, -0.25) is 4.79 Å². The lowest BCUT2D eigenvalue weighted by Gasteiger charge is -2.17. The van der Waals surface area contributed by atoms with Crippen molar-refractivity contribution >= 4 is 18.3 Å². The molecular formula is C18H23ClN2O3. The molecule has 0 aliphatic heterocycles. The lowest BCUT2D eigenvalue weighted by Crippen LogP contribution is -2.28. The van der Waals surface area contributed by atoms with Crippen LogP contribution in [0.5, 0.6) is 11.5 Å². The van der Waals surface area contributed by atoms with Gasteiger partial charge >= 0.3 is 0 Å². The summed E-state index contributed by atoms with van der Waals surface area (Å²) < 4.78 is 10.5. The maximum absolute atomic E-state index is 12.5. The second kappa shape index (κ2) is 9.15. The first-order chi connectivity index (χ1) is 11.1. The molecule has 2 aromatic carbocycles. The molecule has 0 aliphatic rings. The molecule has 1 amide bonds. The summed E-state index contributed by atoms with van der Waals surface area (Å²) >= 11 is 0. The number of carbonyl (C=O) groups excluding carboxylic acids is 1. The molecule has 0 heterocycles. The van der Waals surface area contributed by atoms with Crippen molar-refractivity contribution in [2.24, 2.45) is 5.73 Å². The fourth-order valence-electron chi connectivity index (χ4n) is 2.40. The van der Waals surface area contributed by atoms with E-state index < -0.39 is 0 Å². The molecule has 6 heteroatoms. The summed E-state index contributed by atoms with van der Waals surface area (Å²) in [7, 11) is 3.18. The van der Waals surface area contributed by atoms with Crippen LogP contribution in [-0.2, 0) is 6.54 Å². The maximum Gasteiger partial charge on any atom is 0.252 e. The number of hydrogen-bond acceptors (Lipinski definition) is 4. The zero-order valence-corrected chi connectivity index (χ0v) is 14.9. The standard InChI is InChI=1S/C18H22N2O3.ClH/c1-12(13-8-9-16(22-2)17(10-13)23-3)20-18(21)15-7-5-4-6-14(15)11-19;/h4-10,12H,11,19H2,1-3H3,(H,20,21);1H/t12-;/m1./s1. The molecule has 0 spiro atoms. The van der Waals surface area contributed by atoms with E-state index in [2.05, 4.69) is 5.32 Å². The minimum absolute atomic E-state index is 0. The van der Waals surface area contributed by atoms with Crippen molar-refractivity contribution in [2.45, 2.75) is 19.5 Å². The van der Waals surface area contributed by atoms with Crippen LogP contribution in [0.4, 0.5) is 0 Å². The van der Waals surface area contributed by atoms with Crippen LogP contribution in [0.15, 0.2) is 42.5 Å². The Bertz CT molecular complexity index is 692. The number of benzene rings is 2. The molecule has 3 N–H and O–H groups in total. The summed E-state index contributed by atoms with van der Waals surface area (Å²) in [6, 6.07) is 12.7. The summed E-state index contributed by atoms with van der Waals surface area (Å²) in [6.45, 7) is 2.25. The Kier molecular flexibility index (Phi) is 7.55. The predicted octanol–water partition coefficient (Wildman–Crippen LogP) is 3.08. The fourth-order valence-corrected chi connectivity index (χ4v) is 2.40. The van der Waals surface area contributed by atoms with E-state index in [0.717, 1.165) is 11.1 Å². The van der Waals surface area contributed by atoms with E-state index in [-0.39, 0.29) is 24.4 Å². The van der Waals surface area contributed by atoms with Gasteiger partial charge in [0.25, 0.3) is 5.91 Å². The Hall–Kier alpha value is -2.24. The summed E-state index contributed by atoms with van der Waals surface area (Å²) in [6.07, 6.45) is 0. The predicted molar refractivity (Wildman–Crippen MR) is 97.0 cm³/mol. The fraction of sp³-hybridized carbons (Fsp3) is 0.278. The number of nitrogens with two attached hydrogens (primary N) is 1. The first kappa shape index (κ1) is 19.8. The van der Waals surface area contributed by atoms with Gasteiger partial charge in [0.1, 0.15) is 0 Å². The molecule has 130 valence electrons. The first-order valence-corrected chi connectivity index (χ1v) is 7.41. The Morgan fingerprint density at radius 1 is 1.12 bits per heavy atom. The molecule has 0 bridgehead atoms. The van der Waals surface area contributed by atoms with Gasteiger partial charge < -0.3 is 20.5 Å². The Morgan fingerprint density at radius 3 is 2.42 bits per heavy atom. The van der Waals surface area contributed by atoms with Crippen molar-refractivity contribution in [1.82, 2.24) is 5.32 Å². The Morgan fingerprint density at radius 2 is 1.79 bits per heavy atom. The molecule has 0 aliphatic carbocycles. The lowest BCUT2D eigenvalue weighted by atomic mass is 10.0. The molecule has 24 heavy (non-hydrogen) atoms. The van der Waals surface area contributed by atoms with Gasteiger partial charge in [0, 0.05) is 12.1 Å². The van der Waals surface area contributed by atoms with Crippen molar-refractivity contribution in [2.75, 3.05) is 14.2 Å². The first-order valence-electron chi connectivity index (χ1n) is 7.41. The highest BCUT2D eigenvalue weighted by Crippen LogP contribution is 2.30. The number of methoxy groups -OCH3 is 2. The van der Waals surface area contributed by atoms with Gasteiger partial charge in [-0.1, -0.05) is 24.3 Å². The van der Waals surface area contributed by atoms with E-state index in [1.54, 1.807) is 20.3 Å². The van der Waals surface area contributed by atoms with Crippen molar-refractivity contribution in [3.8, 4) is 11.5 Å². The minimum Gasteiger partial charge on any atom is -0.493 e. The maximum atomic E-state index is 12.5. The number of ether oxygens (including phenoxy) is 2. The van der Waals surface area contributed by atoms with E-state index in [9.17, 15) is 4.79 Å². The van der Waals surface area contributed by atoms with Gasteiger partial charge in [0.05, 0.1) is 20.3 Å². The van der Waals surface area contributed by atoms with Crippen molar-refractivity contribution < 1.29 is 14.3 Å². The second-order valence-electron chi connectivity index (χ2n) is 5.17. The van der Waals surface area contributed by atoms with Gasteiger partial charge in [-0.15, -0.1) is 12.4 Å². The van der Waals surface area contributed by atoms with Gasteiger partial charge in [-0.25, -0.2) is 0 Å². The van der Waals surface area contributed by atoms with Crippen molar-refractivity contribution in [3.63, 3.8) is 0 Å². The highest BCUT2D eigenvalue weighted by Gasteiger charge is 2.15. The van der Waals surface area contributed by atoms with Crippen LogP contribution in [0.2, 0.25) is 0 Å². The third-order valence-corrected chi connectivity index (χ3v) is 3.74. The zero-order chi connectivity index (χ0) is 16.8. The van der Waals surface area contributed by atoms with Crippen LogP contribution < -0.4 is 20.5 Å². The number of amides is 1. The van der Waals surface area contributed by atoms with E-state index >= 15 is 0 Å². The molecule has 2 rings (SSSR count). The number of rotatable bonds is 6. The van der Waals surface area contributed by atoms with Crippen LogP contribution in [0.25, 0.3) is 0 Å². The number of hydrogen-bond donors (Lipinski definition) is 2. The SMILES string of the molecule is COc1ccc([C@@H](C)NC(=O)c2ccccc2CN)cc1OC.Cl. The number of carbonyl (C=O) groups is 1. The zero-order valence-electron chi connectivity index (χ0n) is 14.0. The molecule has 1 atom stereocenters. The molecule has 0 fully saturated rings.